The maximum absolute atomic E-state index is 11.8. The summed E-state index contributed by atoms with van der Waals surface area (Å²) in [7, 11) is 0. The van der Waals surface area contributed by atoms with Crippen LogP contribution in [0.1, 0.15) is 64.4 Å². The summed E-state index contributed by atoms with van der Waals surface area (Å²) in [6, 6.07) is 7.54. The van der Waals surface area contributed by atoms with Crippen molar-refractivity contribution in [3.05, 3.63) is 29.8 Å². The van der Waals surface area contributed by atoms with Gasteiger partial charge in [0.2, 0.25) is 11.8 Å². The van der Waals surface area contributed by atoms with Crippen LogP contribution in [0.15, 0.2) is 29.4 Å². The molecule has 0 spiro atoms. The lowest BCUT2D eigenvalue weighted by Crippen LogP contribution is -2.19. The number of nitrogens with zero attached hydrogens (tertiary/aromatic N) is 1. The van der Waals surface area contributed by atoms with Crippen molar-refractivity contribution in [2.75, 3.05) is 5.32 Å². The largest absolute Gasteiger partial charge is 0.326 e. The topological polar surface area (TPSA) is 70.6 Å². The predicted octanol–water partition coefficient (Wildman–Crippen LogP) is 3.85. The van der Waals surface area contributed by atoms with Crippen molar-refractivity contribution in [3.63, 3.8) is 0 Å². The molecule has 130 valence electrons. The van der Waals surface area contributed by atoms with Crippen molar-refractivity contribution in [1.29, 1.82) is 0 Å². The second-order valence-electron chi connectivity index (χ2n) is 6.39. The van der Waals surface area contributed by atoms with Gasteiger partial charge in [0.15, 0.2) is 0 Å². The van der Waals surface area contributed by atoms with Gasteiger partial charge in [-0.05, 0) is 43.9 Å². The number of carbonyl (C=O) groups is 2. The van der Waals surface area contributed by atoms with E-state index >= 15 is 0 Å². The fraction of sp³-hybridized carbons (Fsp3) is 0.526. The van der Waals surface area contributed by atoms with Crippen LogP contribution in [0, 0.1) is 5.92 Å². The fourth-order valence-electron chi connectivity index (χ4n) is 2.39. The highest BCUT2D eigenvalue weighted by Gasteiger charge is 2.29. The van der Waals surface area contributed by atoms with Crippen molar-refractivity contribution in [2.24, 2.45) is 11.0 Å². The van der Waals surface area contributed by atoms with Crippen LogP contribution < -0.4 is 10.7 Å². The molecule has 0 radical (unpaired) electrons. The van der Waals surface area contributed by atoms with Crippen molar-refractivity contribution < 1.29 is 9.59 Å². The summed E-state index contributed by atoms with van der Waals surface area (Å²) in [6.45, 7) is 3.99. The van der Waals surface area contributed by atoms with Crippen molar-refractivity contribution in [1.82, 2.24) is 5.43 Å². The van der Waals surface area contributed by atoms with Crippen LogP contribution in [0.5, 0.6) is 0 Å². The first-order valence-electron chi connectivity index (χ1n) is 8.84. The maximum atomic E-state index is 11.8. The van der Waals surface area contributed by atoms with E-state index in [1.165, 1.54) is 0 Å². The molecule has 1 aromatic rings. The molecular weight excluding hydrogens is 302 g/mol. The Kier molecular flexibility index (Phi) is 6.97. The van der Waals surface area contributed by atoms with Gasteiger partial charge in [0, 0.05) is 18.0 Å². The number of carbonyl (C=O) groups excluding carboxylic acids is 2. The Hall–Kier alpha value is -2.17. The zero-order chi connectivity index (χ0) is 17.4. The van der Waals surface area contributed by atoms with E-state index in [1.807, 2.05) is 31.2 Å². The third-order valence-corrected chi connectivity index (χ3v) is 4.10. The van der Waals surface area contributed by atoms with Crippen molar-refractivity contribution >= 4 is 23.2 Å². The highest BCUT2D eigenvalue weighted by Crippen LogP contribution is 2.30. The Morgan fingerprint density at radius 3 is 2.71 bits per heavy atom. The van der Waals surface area contributed by atoms with Crippen LogP contribution in [-0.4, -0.2) is 17.5 Å². The minimum absolute atomic E-state index is 0.0522. The number of hydrogen-bond acceptors (Lipinski definition) is 3. The van der Waals surface area contributed by atoms with E-state index in [1.54, 1.807) is 0 Å². The van der Waals surface area contributed by atoms with E-state index < -0.39 is 0 Å². The van der Waals surface area contributed by atoms with Crippen LogP contribution in [0.2, 0.25) is 0 Å². The lowest BCUT2D eigenvalue weighted by atomic mass is 10.1. The predicted molar refractivity (Wildman–Crippen MR) is 96.9 cm³/mol. The quantitative estimate of drug-likeness (QED) is 0.410. The van der Waals surface area contributed by atoms with Crippen molar-refractivity contribution in [2.45, 2.75) is 58.8 Å². The molecule has 2 rings (SSSR count). The lowest BCUT2D eigenvalue weighted by molar-refractivity contribution is -0.121. The van der Waals surface area contributed by atoms with E-state index in [0.717, 1.165) is 55.5 Å². The number of hydrazone groups is 1. The van der Waals surface area contributed by atoms with Crippen LogP contribution in [0.3, 0.4) is 0 Å². The Balaban J connectivity index is 1.85. The van der Waals surface area contributed by atoms with Crippen LogP contribution in [0.4, 0.5) is 5.69 Å². The molecule has 1 aromatic carbocycles. The number of nitrogens with one attached hydrogen (secondary N) is 2. The lowest BCUT2D eigenvalue weighted by Gasteiger charge is -2.07. The van der Waals surface area contributed by atoms with E-state index in [2.05, 4.69) is 22.8 Å². The summed E-state index contributed by atoms with van der Waals surface area (Å²) in [5.74, 6) is 0.209. The van der Waals surface area contributed by atoms with E-state index in [4.69, 9.17) is 0 Å². The standard InChI is InChI=1S/C19H27N3O2/c1-3-4-5-6-10-18(23)22-21-14(2)16-8-7-9-17(13-16)20-19(24)15-11-12-15/h7-9,13,15H,3-6,10-12H2,1-2H3,(H,20,24)(H,22,23). The third-order valence-electron chi connectivity index (χ3n) is 4.10. The second kappa shape index (κ2) is 9.21. The Bertz CT molecular complexity index is 606. The van der Waals surface area contributed by atoms with Gasteiger partial charge in [0.05, 0.1) is 5.71 Å². The molecule has 1 saturated carbocycles. The van der Waals surface area contributed by atoms with Gasteiger partial charge in [0.1, 0.15) is 0 Å². The van der Waals surface area contributed by atoms with Crippen LogP contribution in [-0.2, 0) is 9.59 Å². The zero-order valence-corrected chi connectivity index (χ0v) is 14.6. The summed E-state index contributed by atoms with van der Waals surface area (Å²) >= 11 is 0. The number of benzene rings is 1. The Morgan fingerprint density at radius 2 is 2.00 bits per heavy atom. The summed E-state index contributed by atoms with van der Waals surface area (Å²) in [6.07, 6.45) is 6.77. The number of rotatable bonds is 9. The molecule has 0 aliphatic heterocycles. The molecule has 0 saturated heterocycles. The molecule has 0 atom stereocenters. The minimum Gasteiger partial charge on any atom is -0.326 e. The first-order valence-corrected chi connectivity index (χ1v) is 8.84. The minimum atomic E-state index is -0.0522. The van der Waals surface area contributed by atoms with E-state index in [9.17, 15) is 9.59 Å². The third kappa shape index (κ3) is 6.14. The van der Waals surface area contributed by atoms with Crippen LogP contribution in [0.25, 0.3) is 0 Å². The summed E-state index contributed by atoms with van der Waals surface area (Å²) in [5, 5.41) is 7.09. The molecule has 0 aromatic heterocycles. The molecule has 5 heteroatoms. The Morgan fingerprint density at radius 1 is 1.21 bits per heavy atom. The van der Waals surface area contributed by atoms with E-state index in [0.29, 0.717) is 6.42 Å². The molecule has 2 amide bonds. The summed E-state index contributed by atoms with van der Waals surface area (Å²) in [5.41, 5.74) is 4.98. The number of anilines is 1. The van der Waals surface area contributed by atoms with Crippen LogP contribution >= 0.6 is 0 Å². The second-order valence-corrected chi connectivity index (χ2v) is 6.39. The molecule has 2 N–H and O–H groups in total. The normalized spacial score (nSPS) is 14.3. The average Bonchev–Trinajstić information content (AvgIpc) is 3.42. The van der Waals surface area contributed by atoms with Gasteiger partial charge in [-0.15, -0.1) is 0 Å². The first kappa shape index (κ1) is 18.2. The zero-order valence-electron chi connectivity index (χ0n) is 14.6. The first-order chi connectivity index (χ1) is 11.6. The van der Waals surface area contributed by atoms with Gasteiger partial charge in [-0.2, -0.15) is 5.10 Å². The van der Waals surface area contributed by atoms with Gasteiger partial charge < -0.3 is 5.32 Å². The molecule has 1 fully saturated rings. The molecule has 24 heavy (non-hydrogen) atoms. The van der Waals surface area contributed by atoms with Gasteiger partial charge in [-0.3, -0.25) is 9.59 Å². The van der Waals surface area contributed by atoms with E-state index in [-0.39, 0.29) is 17.7 Å². The van der Waals surface area contributed by atoms with Crippen molar-refractivity contribution in [3.8, 4) is 0 Å². The maximum Gasteiger partial charge on any atom is 0.240 e. The molecule has 0 unspecified atom stereocenters. The highest BCUT2D eigenvalue weighted by atomic mass is 16.2. The number of hydrogen-bond donors (Lipinski definition) is 2. The molecule has 1 aliphatic rings. The monoisotopic (exact) mass is 329 g/mol. The van der Waals surface area contributed by atoms with Gasteiger partial charge in [-0.25, -0.2) is 5.43 Å². The molecule has 5 nitrogen and oxygen atoms in total. The molecule has 0 heterocycles. The smallest absolute Gasteiger partial charge is 0.240 e. The molecule has 0 bridgehead atoms. The summed E-state index contributed by atoms with van der Waals surface area (Å²) < 4.78 is 0. The van der Waals surface area contributed by atoms with Gasteiger partial charge in [0.25, 0.3) is 0 Å². The average molecular weight is 329 g/mol. The Labute approximate surface area is 143 Å². The molecular formula is C19H27N3O2. The molecule has 1 aliphatic carbocycles. The highest BCUT2D eigenvalue weighted by molar-refractivity contribution is 6.01. The van der Waals surface area contributed by atoms with Gasteiger partial charge in [-0.1, -0.05) is 38.3 Å². The number of unbranched alkanes of at least 4 members (excludes halogenated alkanes) is 3. The number of amides is 2. The van der Waals surface area contributed by atoms with Gasteiger partial charge >= 0.3 is 0 Å². The fourth-order valence-corrected chi connectivity index (χ4v) is 2.39. The SMILES string of the molecule is CCCCCCC(=O)NN=C(C)c1cccc(NC(=O)C2CC2)c1. The summed E-state index contributed by atoms with van der Waals surface area (Å²) in [4.78, 5) is 23.6.